The van der Waals surface area contributed by atoms with Gasteiger partial charge in [-0.05, 0) is 55.4 Å². The first-order valence-electron chi connectivity index (χ1n) is 7.96. The molecule has 116 valence electrons. The van der Waals surface area contributed by atoms with Gasteiger partial charge in [0.25, 0.3) is 0 Å². The van der Waals surface area contributed by atoms with Crippen LogP contribution in [0, 0.1) is 5.82 Å². The number of hydrogen-bond donors (Lipinski definition) is 0. The van der Waals surface area contributed by atoms with Crippen molar-refractivity contribution in [2.45, 2.75) is 13.0 Å². The Balaban J connectivity index is 1.65. The molecule has 0 bridgehead atoms. The van der Waals surface area contributed by atoms with E-state index in [0.29, 0.717) is 0 Å². The van der Waals surface area contributed by atoms with Crippen molar-refractivity contribution in [2.75, 3.05) is 33.2 Å². The molecule has 2 aromatic carbocycles. The van der Waals surface area contributed by atoms with E-state index in [1.54, 1.807) is 0 Å². The summed E-state index contributed by atoms with van der Waals surface area (Å²) in [6.45, 7) is 5.66. The van der Waals surface area contributed by atoms with Crippen LogP contribution in [0.2, 0.25) is 0 Å². The highest BCUT2D eigenvalue weighted by Gasteiger charge is 2.12. The Morgan fingerprint density at radius 3 is 2.14 bits per heavy atom. The van der Waals surface area contributed by atoms with Crippen LogP contribution < -0.4 is 0 Å². The normalized spacial score (nSPS) is 17.4. The van der Waals surface area contributed by atoms with Crippen molar-refractivity contribution >= 4 is 0 Å². The van der Waals surface area contributed by atoms with E-state index in [1.165, 1.54) is 37.2 Å². The van der Waals surface area contributed by atoms with Gasteiger partial charge in [-0.3, -0.25) is 4.90 Å². The highest BCUT2D eigenvalue weighted by atomic mass is 19.1. The van der Waals surface area contributed by atoms with Crippen molar-refractivity contribution in [3.8, 4) is 11.1 Å². The number of nitrogens with zero attached hydrogens (tertiary/aromatic N) is 2. The van der Waals surface area contributed by atoms with E-state index in [-0.39, 0.29) is 5.82 Å². The fraction of sp³-hybridized carbons (Fsp3) is 0.368. The lowest BCUT2D eigenvalue weighted by atomic mass is 10.0. The van der Waals surface area contributed by atoms with Crippen molar-refractivity contribution < 1.29 is 4.39 Å². The highest BCUT2D eigenvalue weighted by Crippen LogP contribution is 2.20. The molecule has 2 nitrogen and oxygen atoms in total. The van der Waals surface area contributed by atoms with E-state index in [9.17, 15) is 4.39 Å². The molecule has 0 amide bonds. The zero-order chi connectivity index (χ0) is 15.4. The second-order valence-electron chi connectivity index (χ2n) is 6.14. The zero-order valence-corrected chi connectivity index (χ0v) is 13.1. The van der Waals surface area contributed by atoms with Gasteiger partial charge in [0.15, 0.2) is 0 Å². The molecule has 0 spiro atoms. The topological polar surface area (TPSA) is 6.48 Å². The van der Waals surface area contributed by atoms with Gasteiger partial charge in [-0.2, -0.15) is 0 Å². The second-order valence-corrected chi connectivity index (χ2v) is 6.14. The third-order valence-electron chi connectivity index (χ3n) is 4.35. The van der Waals surface area contributed by atoms with E-state index in [0.717, 1.165) is 30.8 Å². The molecule has 3 heteroatoms. The summed E-state index contributed by atoms with van der Waals surface area (Å²) < 4.78 is 13.0. The van der Waals surface area contributed by atoms with Crippen molar-refractivity contribution in [1.82, 2.24) is 9.80 Å². The quantitative estimate of drug-likeness (QED) is 0.854. The molecule has 1 fully saturated rings. The Morgan fingerprint density at radius 1 is 0.818 bits per heavy atom. The van der Waals surface area contributed by atoms with Crippen LogP contribution in [0.1, 0.15) is 12.0 Å². The fourth-order valence-electron chi connectivity index (χ4n) is 2.96. The molecule has 0 atom stereocenters. The fourth-order valence-corrected chi connectivity index (χ4v) is 2.96. The molecule has 1 aliphatic rings. The number of halogens is 1. The summed E-state index contributed by atoms with van der Waals surface area (Å²) in [5, 5.41) is 0. The van der Waals surface area contributed by atoms with E-state index in [2.05, 4.69) is 41.1 Å². The van der Waals surface area contributed by atoms with Gasteiger partial charge in [-0.25, -0.2) is 4.39 Å². The lowest BCUT2D eigenvalue weighted by Gasteiger charge is -2.20. The maximum absolute atomic E-state index is 13.0. The zero-order valence-electron chi connectivity index (χ0n) is 13.1. The minimum Gasteiger partial charge on any atom is -0.305 e. The van der Waals surface area contributed by atoms with E-state index in [1.807, 2.05) is 12.1 Å². The molecule has 0 aromatic heterocycles. The van der Waals surface area contributed by atoms with Gasteiger partial charge in [0, 0.05) is 19.6 Å². The van der Waals surface area contributed by atoms with Crippen LogP contribution in [-0.4, -0.2) is 43.0 Å². The van der Waals surface area contributed by atoms with Crippen molar-refractivity contribution in [3.05, 3.63) is 59.9 Å². The number of likely N-dealkylation sites (N-methyl/N-ethyl adjacent to an activating group) is 1. The average molecular weight is 298 g/mol. The largest absolute Gasteiger partial charge is 0.305 e. The summed E-state index contributed by atoms with van der Waals surface area (Å²) >= 11 is 0. The molecule has 0 aliphatic carbocycles. The Labute approximate surface area is 132 Å². The number of benzene rings is 2. The molecular formula is C19H23FN2. The lowest BCUT2D eigenvalue weighted by Crippen LogP contribution is -2.28. The molecule has 0 radical (unpaired) electrons. The molecule has 1 saturated heterocycles. The lowest BCUT2D eigenvalue weighted by molar-refractivity contribution is 0.269. The first kappa shape index (κ1) is 15.2. The Kier molecular flexibility index (Phi) is 4.86. The molecule has 2 aromatic rings. The molecule has 3 rings (SSSR count). The van der Waals surface area contributed by atoms with Crippen LogP contribution >= 0.6 is 0 Å². The Hall–Kier alpha value is -1.71. The van der Waals surface area contributed by atoms with Gasteiger partial charge in [-0.15, -0.1) is 0 Å². The molecule has 22 heavy (non-hydrogen) atoms. The van der Waals surface area contributed by atoms with E-state index < -0.39 is 0 Å². The van der Waals surface area contributed by atoms with E-state index in [4.69, 9.17) is 0 Å². The summed E-state index contributed by atoms with van der Waals surface area (Å²) in [5.41, 5.74) is 3.54. The average Bonchev–Trinajstić information content (AvgIpc) is 2.74. The molecule has 1 heterocycles. The van der Waals surface area contributed by atoms with Gasteiger partial charge < -0.3 is 4.90 Å². The maximum atomic E-state index is 13.0. The van der Waals surface area contributed by atoms with Crippen LogP contribution in [-0.2, 0) is 6.54 Å². The summed E-state index contributed by atoms with van der Waals surface area (Å²) in [4.78, 5) is 4.92. The standard InChI is InChI=1S/C19H23FN2/c1-21-11-2-12-22(14-13-21)15-16-3-5-17(6-4-16)18-7-9-19(20)10-8-18/h3-10H,2,11-15H2,1H3. The Morgan fingerprint density at radius 2 is 1.45 bits per heavy atom. The van der Waals surface area contributed by atoms with Crippen LogP contribution in [0.4, 0.5) is 4.39 Å². The van der Waals surface area contributed by atoms with E-state index >= 15 is 0 Å². The van der Waals surface area contributed by atoms with Gasteiger partial charge in [0.1, 0.15) is 5.82 Å². The maximum Gasteiger partial charge on any atom is 0.123 e. The smallest absolute Gasteiger partial charge is 0.123 e. The predicted octanol–water partition coefficient (Wildman–Crippen LogP) is 3.63. The third kappa shape index (κ3) is 3.93. The first-order valence-corrected chi connectivity index (χ1v) is 7.96. The van der Waals surface area contributed by atoms with Gasteiger partial charge >= 0.3 is 0 Å². The van der Waals surface area contributed by atoms with Crippen molar-refractivity contribution in [3.63, 3.8) is 0 Å². The summed E-state index contributed by atoms with van der Waals surface area (Å²) in [5.74, 6) is -0.188. The summed E-state index contributed by atoms with van der Waals surface area (Å²) in [6, 6.07) is 15.3. The molecule has 0 N–H and O–H groups in total. The minimum atomic E-state index is -0.188. The van der Waals surface area contributed by atoms with Gasteiger partial charge in [-0.1, -0.05) is 36.4 Å². The molecule has 0 saturated carbocycles. The number of rotatable bonds is 3. The molecule has 0 unspecified atom stereocenters. The van der Waals surface area contributed by atoms with Crippen LogP contribution in [0.25, 0.3) is 11.1 Å². The van der Waals surface area contributed by atoms with Gasteiger partial charge in [0.05, 0.1) is 0 Å². The monoisotopic (exact) mass is 298 g/mol. The third-order valence-corrected chi connectivity index (χ3v) is 4.35. The SMILES string of the molecule is CN1CCCN(Cc2ccc(-c3ccc(F)cc3)cc2)CC1. The summed E-state index contributed by atoms with van der Waals surface area (Å²) in [7, 11) is 2.20. The first-order chi connectivity index (χ1) is 10.7. The molecule has 1 aliphatic heterocycles. The van der Waals surface area contributed by atoms with Crippen LogP contribution in [0.3, 0.4) is 0 Å². The second kappa shape index (κ2) is 7.03. The number of hydrogen-bond acceptors (Lipinski definition) is 2. The highest BCUT2D eigenvalue weighted by molar-refractivity contribution is 5.63. The van der Waals surface area contributed by atoms with Crippen molar-refractivity contribution in [2.24, 2.45) is 0 Å². The van der Waals surface area contributed by atoms with Crippen LogP contribution in [0.15, 0.2) is 48.5 Å². The van der Waals surface area contributed by atoms with Gasteiger partial charge in [0.2, 0.25) is 0 Å². The van der Waals surface area contributed by atoms with Crippen molar-refractivity contribution in [1.29, 1.82) is 0 Å². The predicted molar refractivity (Wildman–Crippen MR) is 89.2 cm³/mol. The minimum absolute atomic E-state index is 0.188. The van der Waals surface area contributed by atoms with Crippen LogP contribution in [0.5, 0.6) is 0 Å². The molecular weight excluding hydrogens is 275 g/mol. The Bertz CT molecular complexity index is 592. The summed E-state index contributed by atoms with van der Waals surface area (Å²) in [6.07, 6.45) is 1.24.